The van der Waals surface area contributed by atoms with Crippen molar-refractivity contribution in [3.05, 3.63) is 59.4 Å². The lowest BCUT2D eigenvalue weighted by atomic mass is 9.75. The largest absolute Gasteiger partial charge is 0.446 e. The lowest BCUT2D eigenvalue weighted by Crippen LogP contribution is -2.35. The van der Waals surface area contributed by atoms with E-state index in [9.17, 15) is 18.0 Å². The van der Waals surface area contributed by atoms with Crippen LogP contribution in [0.4, 0.5) is 18.0 Å². The van der Waals surface area contributed by atoms with Gasteiger partial charge in [-0.2, -0.15) is 0 Å². The summed E-state index contributed by atoms with van der Waals surface area (Å²) in [5, 5.41) is 2.85. The molecule has 3 aromatic rings. The highest BCUT2D eigenvalue weighted by Gasteiger charge is 2.36. The molecule has 1 saturated carbocycles. The van der Waals surface area contributed by atoms with Crippen LogP contribution >= 0.6 is 0 Å². The molecular formula is C20H17F3N2O2. The zero-order valence-corrected chi connectivity index (χ0v) is 14.5. The molecular weight excluding hydrogens is 357 g/mol. The number of fused-ring (bicyclic) bond motifs is 1. The number of benzene rings is 2. The van der Waals surface area contributed by atoms with E-state index in [1.165, 1.54) is 25.2 Å². The van der Waals surface area contributed by atoms with Crippen LogP contribution in [-0.2, 0) is 4.74 Å². The van der Waals surface area contributed by atoms with Crippen LogP contribution in [0.5, 0.6) is 0 Å². The Morgan fingerprint density at radius 2 is 1.81 bits per heavy atom. The quantitative estimate of drug-likeness (QED) is 0.688. The standard InChI is InChI=1S/C20H17F3N2O2/c1-24-20(26)27-14-6-11(7-14)17-15-8-13(22)9-16(23)19(15)25-18(17)10-2-4-12(21)5-3-10/h2-5,8-9,11,14,25H,6-7H2,1H3,(H,24,26)/t11-,14-. The molecule has 1 heterocycles. The van der Waals surface area contributed by atoms with Gasteiger partial charge in [-0.3, -0.25) is 0 Å². The van der Waals surface area contributed by atoms with Crippen LogP contribution in [0.2, 0.25) is 0 Å². The average Bonchev–Trinajstić information content (AvgIpc) is 2.97. The van der Waals surface area contributed by atoms with Crippen molar-refractivity contribution >= 4 is 17.0 Å². The predicted octanol–water partition coefficient (Wildman–Crippen LogP) is 4.85. The van der Waals surface area contributed by atoms with Crippen LogP contribution in [0.25, 0.3) is 22.2 Å². The summed E-state index contributed by atoms with van der Waals surface area (Å²) in [5.74, 6) is -1.76. The number of ether oxygens (including phenoxy) is 1. The molecule has 0 spiro atoms. The lowest BCUT2D eigenvalue weighted by molar-refractivity contribution is 0.0411. The summed E-state index contributed by atoms with van der Waals surface area (Å²) in [6, 6.07) is 7.95. The molecule has 0 bridgehead atoms. The van der Waals surface area contributed by atoms with E-state index in [0.717, 1.165) is 11.6 Å². The number of carbonyl (C=O) groups excluding carboxylic acids is 1. The molecule has 0 saturated heterocycles. The van der Waals surface area contributed by atoms with Gasteiger partial charge >= 0.3 is 6.09 Å². The summed E-state index contributed by atoms with van der Waals surface area (Å²) >= 11 is 0. The van der Waals surface area contributed by atoms with Crippen molar-refractivity contribution in [2.45, 2.75) is 24.9 Å². The van der Waals surface area contributed by atoms with E-state index in [2.05, 4.69) is 10.3 Å². The summed E-state index contributed by atoms with van der Waals surface area (Å²) in [5.41, 5.74) is 2.27. The van der Waals surface area contributed by atoms with Gasteiger partial charge in [-0.25, -0.2) is 18.0 Å². The molecule has 27 heavy (non-hydrogen) atoms. The zero-order chi connectivity index (χ0) is 19.1. The van der Waals surface area contributed by atoms with E-state index in [0.29, 0.717) is 29.5 Å². The van der Waals surface area contributed by atoms with Crippen LogP contribution in [0.1, 0.15) is 24.3 Å². The Morgan fingerprint density at radius 3 is 2.48 bits per heavy atom. The lowest BCUT2D eigenvalue weighted by Gasteiger charge is -2.35. The van der Waals surface area contributed by atoms with E-state index in [1.807, 2.05) is 0 Å². The van der Waals surface area contributed by atoms with Crippen molar-refractivity contribution in [3.8, 4) is 11.3 Å². The minimum absolute atomic E-state index is 0.0327. The number of hydrogen-bond donors (Lipinski definition) is 2. The van der Waals surface area contributed by atoms with Crippen molar-refractivity contribution in [1.29, 1.82) is 0 Å². The number of carbonyl (C=O) groups is 1. The number of hydrogen-bond acceptors (Lipinski definition) is 2. The molecule has 0 unspecified atom stereocenters. The highest BCUT2D eigenvalue weighted by Crippen LogP contribution is 2.46. The van der Waals surface area contributed by atoms with Gasteiger partial charge in [-0.05, 0) is 60.2 Å². The zero-order valence-electron chi connectivity index (χ0n) is 14.5. The van der Waals surface area contributed by atoms with Crippen molar-refractivity contribution < 1.29 is 22.7 Å². The van der Waals surface area contributed by atoms with Gasteiger partial charge in [0.1, 0.15) is 23.6 Å². The van der Waals surface area contributed by atoms with Crippen LogP contribution in [-0.4, -0.2) is 24.2 Å². The highest BCUT2D eigenvalue weighted by atomic mass is 19.1. The molecule has 4 nitrogen and oxygen atoms in total. The number of aromatic amines is 1. The first kappa shape index (κ1) is 17.5. The minimum Gasteiger partial charge on any atom is -0.446 e. The van der Waals surface area contributed by atoms with Crippen LogP contribution in [0.15, 0.2) is 36.4 Å². The third-order valence-corrected chi connectivity index (χ3v) is 4.98. The van der Waals surface area contributed by atoms with Gasteiger partial charge in [-0.1, -0.05) is 0 Å². The molecule has 7 heteroatoms. The maximum atomic E-state index is 14.3. The Morgan fingerprint density at radius 1 is 1.11 bits per heavy atom. The number of rotatable bonds is 3. The maximum Gasteiger partial charge on any atom is 0.407 e. The number of aromatic nitrogens is 1. The number of alkyl carbamates (subject to hydrolysis) is 1. The molecule has 1 fully saturated rings. The summed E-state index contributed by atoms with van der Waals surface area (Å²) < 4.78 is 46.7. The minimum atomic E-state index is -0.683. The molecule has 1 amide bonds. The topological polar surface area (TPSA) is 54.1 Å². The Balaban J connectivity index is 1.77. The second-order valence-corrected chi connectivity index (χ2v) is 6.68. The molecule has 0 atom stereocenters. The van der Waals surface area contributed by atoms with E-state index < -0.39 is 17.7 Å². The third kappa shape index (κ3) is 3.13. The van der Waals surface area contributed by atoms with Gasteiger partial charge in [0.15, 0.2) is 0 Å². The van der Waals surface area contributed by atoms with Crippen molar-refractivity contribution in [3.63, 3.8) is 0 Å². The van der Waals surface area contributed by atoms with Crippen LogP contribution in [0.3, 0.4) is 0 Å². The Labute approximate surface area is 153 Å². The Hall–Kier alpha value is -2.96. The molecule has 1 aliphatic carbocycles. The van der Waals surface area contributed by atoms with Gasteiger partial charge in [0, 0.05) is 18.5 Å². The van der Waals surface area contributed by atoms with E-state index in [-0.39, 0.29) is 23.4 Å². The van der Waals surface area contributed by atoms with Crippen molar-refractivity contribution in [1.82, 2.24) is 10.3 Å². The average molecular weight is 374 g/mol. The second-order valence-electron chi connectivity index (χ2n) is 6.68. The first-order valence-corrected chi connectivity index (χ1v) is 8.61. The number of halogens is 3. The highest BCUT2D eigenvalue weighted by molar-refractivity contribution is 5.92. The normalized spacial score (nSPS) is 19.0. The van der Waals surface area contributed by atoms with Gasteiger partial charge in [0.2, 0.25) is 0 Å². The fourth-order valence-electron chi connectivity index (χ4n) is 3.62. The molecule has 0 aliphatic heterocycles. The Bertz CT molecular complexity index is 1010. The predicted molar refractivity (Wildman–Crippen MR) is 94.9 cm³/mol. The molecule has 1 aromatic heterocycles. The third-order valence-electron chi connectivity index (χ3n) is 4.98. The summed E-state index contributed by atoms with van der Waals surface area (Å²) in [7, 11) is 1.48. The fourth-order valence-corrected chi connectivity index (χ4v) is 3.62. The fraction of sp³-hybridized carbons (Fsp3) is 0.250. The molecule has 140 valence electrons. The number of nitrogens with one attached hydrogen (secondary N) is 2. The SMILES string of the molecule is CNC(=O)O[C@H]1C[C@H](c2c(-c3ccc(F)cc3)[nH]c3c(F)cc(F)cc32)C1. The van der Waals surface area contributed by atoms with E-state index in [1.54, 1.807) is 12.1 Å². The van der Waals surface area contributed by atoms with Crippen LogP contribution in [0, 0.1) is 17.5 Å². The van der Waals surface area contributed by atoms with Gasteiger partial charge in [0.05, 0.1) is 11.2 Å². The maximum absolute atomic E-state index is 14.3. The van der Waals surface area contributed by atoms with Crippen LogP contribution < -0.4 is 5.32 Å². The first-order valence-electron chi connectivity index (χ1n) is 8.61. The summed E-state index contributed by atoms with van der Waals surface area (Å²) in [6.45, 7) is 0. The molecule has 4 rings (SSSR count). The van der Waals surface area contributed by atoms with E-state index in [4.69, 9.17) is 4.74 Å². The van der Waals surface area contributed by atoms with Gasteiger partial charge in [0.25, 0.3) is 0 Å². The number of amides is 1. The first-order chi connectivity index (χ1) is 13.0. The molecule has 2 aromatic carbocycles. The van der Waals surface area contributed by atoms with Gasteiger partial charge < -0.3 is 15.0 Å². The molecule has 1 aliphatic rings. The molecule has 0 radical (unpaired) electrons. The van der Waals surface area contributed by atoms with Gasteiger partial charge in [-0.15, -0.1) is 0 Å². The van der Waals surface area contributed by atoms with Crippen molar-refractivity contribution in [2.75, 3.05) is 7.05 Å². The summed E-state index contributed by atoms with van der Waals surface area (Å²) in [6.07, 6.45) is 0.340. The smallest absolute Gasteiger partial charge is 0.407 e. The summed E-state index contributed by atoms with van der Waals surface area (Å²) in [4.78, 5) is 14.4. The monoisotopic (exact) mass is 374 g/mol. The second kappa shape index (κ2) is 6.64. The van der Waals surface area contributed by atoms with E-state index >= 15 is 0 Å². The molecule has 2 N–H and O–H groups in total. The van der Waals surface area contributed by atoms with Crippen molar-refractivity contribution in [2.24, 2.45) is 0 Å². The Kier molecular flexibility index (Phi) is 4.30. The number of H-pyrrole nitrogens is 1.